The number of hydrogen-bond acceptors (Lipinski definition) is 8. The fraction of sp³-hybridized carbons (Fsp3) is 0.194. The van der Waals surface area contributed by atoms with Gasteiger partial charge in [-0.1, -0.05) is 87.8 Å². The van der Waals surface area contributed by atoms with Crippen LogP contribution in [0.5, 0.6) is 17.2 Å². The highest BCUT2D eigenvalue weighted by atomic mass is 79.9. The second kappa shape index (κ2) is 15.2. The minimum Gasteiger partial charge on any atom is -0.493 e. The number of methoxy groups -OCH3 is 1. The molecule has 48 heavy (non-hydrogen) atoms. The van der Waals surface area contributed by atoms with E-state index in [-0.39, 0.29) is 5.91 Å². The molecule has 0 saturated heterocycles. The van der Waals surface area contributed by atoms with Crippen molar-refractivity contribution in [3.8, 4) is 17.2 Å². The van der Waals surface area contributed by atoms with E-state index >= 15 is 0 Å². The molecular weight excluding hydrogens is 714 g/mol. The number of halogens is 2. The van der Waals surface area contributed by atoms with Gasteiger partial charge in [-0.05, 0) is 73.0 Å². The highest BCUT2D eigenvalue weighted by Crippen LogP contribution is 2.41. The van der Waals surface area contributed by atoms with Crippen LogP contribution in [-0.2, 0) is 17.2 Å². The molecule has 1 unspecified atom stereocenters. The molecule has 12 heteroatoms. The molecule has 246 valence electrons. The van der Waals surface area contributed by atoms with E-state index in [1.165, 1.54) is 11.8 Å². The number of para-hydroxylation sites is 2. The van der Waals surface area contributed by atoms with Crippen LogP contribution in [0.1, 0.15) is 36.6 Å². The Morgan fingerprint density at radius 1 is 1.00 bits per heavy atom. The number of benzene rings is 4. The van der Waals surface area contributed by atoms with Gasteiger partial charge in [0.2, 0.25) is 11.1 Å². The number of nitrogens with zero attached hydrogens (tertiary/aromatic N) is 3. The molecule has 1 aromatic heterocycles. The van der Waals surface area contributed by atoms with E-state index in [0.717, 1.165) is 21.2 Å². The van der Waals surface area contributed by atoms with Gasteiger partial charge in [-0.25, -0.2) is 4.68 Å². The van der Waals surface area contributed by atoms with Crippen molar-refractivity contribution < 1.29 is 19.0 Å². The van der Waals surface area contributed by atoms with Gasteiger partial charge < -0.3 is 24.8 Å². The quantitative estimate of drug-likeness (QED) is 0.122. The van der Waals surface area contributed by atoms with Gasteiger partial charge in [0.1, 0.15) is 18.4 Å². The van der Waals surface area contributed by atoms with Crippen molar-refractivity contribution in [1.82, 2.24) is 14.8 Å². The molecule has 0 bridgehead atoms. The molecule has 2 N–H and O–H groups in total. The molecule has 9 nitrogen and oxygen atoms in total. The SMILES string of the molecule is CCOc1ccccc1NC(=O)C1=C(C)Nc2nc(SCc3ccccc3Cl)nn2C1c1ccc(OCc2ccc(Br)cc2)c(OC)c1. The van der Waals surface area contributed by atoms with E-state index in [1.54, 1.807) is 11.8 Å². The van der Waals surface area contributed by atoms with Crippen LogP contribution in [0.2, 0.25) is 5.02 Å². The van der Waals surface area contributed by atoms with Gasteiger partial charge in [0.05, 0.1) is 25.0 Å². The Hall–Kier alpha value is -4.45. The summed E-state index contributed by atoms with van der Waals surface area (Å²) in [6, 6.07) is 28.0. The average molecular weight is 747 g/mol. The lowest BCUT2D eigenvalue weighted by Gasteiger charge is -2.29. The number of rotatable bonds is 12. The highest BCUT2D eigenvalue weighted by Gasteiger charge is 2.35. The van der Waals surface area contributed by atoms with E-state index in [9.17, 15) is 4.79 Å². The smallest absolute Gasteiger partial charge is 0.255 e. The van der Waals surface area contributed by atoms with E-state index < -0.39 is 6.04 Å². The van der Waals surface area contributed by atoms with Crippen LogP contribution in [0.25, 0.3) is 0 Å². The minimum absolute atomic E-state index is 0.307. The lowest BCUT2D eigenvalue weighted by molar-refractivity contribution is -0.113. The predicted molar refractivity (Wildman–Crippen MR) is 193 cm³/mol. The second-order valence-corrected chi connectivity index (χ2v) is 13.1. The fourth-order valence-corrected chi connectivity index (χ4v) is 6.69. The molecule has 0 radical (unpaired) electrons. The highest BCUT2D eigenvalue weighted by molar-refractivity contribution is 9.10. The minimum atomic E-state index is -0.642. The molecular formula is C36H33BrClN5O4S. The van der Waals surface area contributed by atoms with Gasteiger partial charge in [0.25, 0.3) is 5.91 Å². The first-order valence-electron chi connectivity index (χ1n) is 15.2. The maximum absolute atomic E-state index is 14.2. The lowest BCUT2D eigenvalue weighted by Crippen LogP contribution is -2.31. The third-order valence-corrected chi connectivity index (χ3v) is 9.42. The summed E-state index contributed by atoms with van der Waals surface area (Å²) in [6.45, 7) is 4.59. The number of nitrogens with one attached hydrogen (secondary N) is 2. The monoisotopic (exact) mass is 745 g/mol. The zero-order valence-electron chi connectivity index (χ0n) is 26.5. The van der Waals surface area contributed by atoms with Crippen molar-refractivity contribution in [3.05, 3.63) is 128 Å². The topological polar surface area (TPSA) is 99.5 Å². The third-order valence-electron chi connectivity index (χ3n) is 7.64. The van der Waals surface area contributed by atoms with Crippen LogP contribution < -0.4 is 24.8 Å². The number of thioether (sulfide) groups is 1. The van der Waals surface area contributed by atoms with Gasteiger partial charge in [-0.15, -0.1) is 5.10 Å². The molecule has 1 aliphatic rings. The van der Waals surface area contributed by atoms with Crippen molar-refractivity contribution >= 4 is 56.8 Å². The number of carbonyl (C=O) groups excluding carboxylic acids is 1. The summed E-state index contributed by atoms with van der Waals surface area (Å²) in [6.07, 6.45) is 0. The number of carbonyl (C=O) groups is 1. The first-order valence-corrected chi connectivity index (χ1v) is 17.4. The largest absolute Gasteiger partial charge is 0.493 e. The first kappa shape index (κ1) is 33.5. The van der Waals surface area contributed by atoms with Crippen LogP contribution in [0.4, 0.5) is 11.6 Å². The Labute approximate surface area is 296 Å². The molecule has 0 saturated carbocycles. The average Bonchev–Trinajstić information content (AvgIpc) is 3.50. The molecule has 1 amide bonds. The van der Waals surface area contributed by atoms with Gasteiger partial charge in [0, 0.05) is 20.9 Å². The molecule has 1 atom stereocenters. The molecule has 5 aromatic rings. The van der Waals surface area contributed by atoms with Gasteiger partial charge >= 0.3 is 0 Å². The second-order valence-electron chi connectivity index (χ2n) is 10.8. The summed E-state index contributed by atoms with van der Waals surface area (Å²) < 4.78 is 20.5. The Kier molecular flexibility index (Phi) is 10.6. The molecule has 6 rings (SSSR count). The summed E-state index contributed by atoms with van der Waals surface area (Å²) in [7, 11) is 1.59. The first-order chi connectivity index (χ1) is 23.3. The van der Waals surface area contributed by atoms with Gasteiger partial charge in [-0.3, -0.25) is 4.79 Å². The standard InChI is InChI=1S/C36H33BrClN5O4S/c1-4-46-29-12-8-7-11-28(29)40-34(44)32-22(2)39-35-41-36(48-21-25-9-5-6-10-27(25)38)42-43(35)33(32)24-15-18-30(31(19-24)45-3)47-20-23-13-16-26(37)17-14-23/h5-19,33H,4,20-21H2,1-3H3,(H,40,44)(H,39,41,42). The van der Waals surface area contributed by atoms with Crippen molar-refractivity contribution in [2.45, 2.75) is 37.4 Å². The van der Waals surface area contributed by atoms with Crippen LogP contribution in [0.3, 0.4) is 0 Å². The van der Waals surface area contributed by atoms with Crippen molar-refractivity contribution in [1.29, 1.82) is 0 Å². The molecule has 1 aliphatic heterocycles. The number of aromatic nitrogens is 3. The van der Waals surface area contributed by atoms with Gasteiger partial charge in [-0.2, -0.15) is 4.98 Å². The summed E-state index contributed by atoms with van der Waals surface area (Å²) in [5.74, 6) is 2.47. The molecule has 4 aromatic carbocycles. The van der Waals surface area contributed by atoms with Crippen LogP contribution >= 0.6 is 39.3 Å². The van der Waals surface area contributed by atoms with Crippen molar-refractivity contribution in [2.75, 3.05) is 24.4 Å². The maximum Gasteiger partial charge on any atom is 0.255 e. The molecule has 0 aliphatic carbocycles. The summed E-state index contributed by atoms with van der Waals surface area (Å²) in [4.78, 5) is 19.0. The normalized spacial score (nSPS) is 13.8. The van der Waals surface area contributed by atoms with E-state index in [0.29, 0.717) is 69.3 Å². The number of anilines is 2. The Morgan fingerprint density at radius 2 is 1.77 bits per heavy atom. The Morgan fingerprint density at radius 3 is 2.54 bits per heavy atom. The van der Waals surface area contributed by atoms with E-state index in [2.05, 4.69) is 26.6 Å². The third kappa shape index (κ3) is 7.48. The number of allylic oxidation sites excluding steroid dienone is 1. The van der Waals surface area contributed by atoms with Gasteiger partial charge in [0.15, 0.2) is 11.5 Å². The zero-order chi connectivity index (χ0) is 33.6. The number of ether oxygens (including phenoxy) is 3. The summed E-state index contributed by atoms with van der Waals surface area (Å²) in [5.41, 5.74) is 4.43. The lowest BCUT2D eigenvalue weighted by atomic mass is 9.94. The zero-order valence-corrected chi connectivity index (χ0v) is 29.7. The Balaban J connectivity index is 1.35. The maximum atomic E-state index is 14.2. The van der Waals surface area contributed by atoms with E-state index in [4.69, 9.17) is 35.9 Å². The number of amides is 1. The summed E-state index contributed by atoms with van der Waals surface area (Å²) >= 11 is 11.3. The molecule has 0 fully saturated rings. The van der Waals surface area contributed by atoms with Crippen LogP contribution in [-0.4, -0.2) is 34.4 Å². The van der Waals surface area contributed by atoms with Crippen molar-refractivity contribution in [2.24, 2.45) is 0 Å². The number of hydrogen-bond donors (Lipinski definition) is 2. The van der Waals surface area contributed by atoms with E-state index in [1.807, 2.05) is 105 Å². The fourth-order valence-electron chi connectivity index (χ4n) is 5.31. The predicted octanol–water partition coefficient (Wildman–Crippen LogP) is 8.90. The Bertz CT molecular complexity index is 1970. The van der Waals surface area contributed by atoms with Crippen molar-refractivity contribution in [3.63, 3.8) is 0 Å². The van der Waals surface area contributed by atoms with Crippen LogP contribution in [0, 0.1) is 0 Å². The number of fused-ring (bicyclic) bond motifs is 1. The summed E-state index contributed by atoms with van der Waals surface area (Å²) in [5, 5.41) is 12.5. The van der Waals surface area contributed by atoms with Crippen LogP contribution in [0.15, 0.2) is 112 Å². The molecule has 0 spiro atoms. The molecule has 2 heterocycles.